The number of carbonyl (C=O) groups excluding carboxylic acids is 4. The number of nitrogens with one attached hydrogen (secondary N) is 2. The molecule has 0 saturated heterocycles. The Labute approximate surface area is 168 Å². The Morgan fingerprint density at radius 1 is 1.28 bits per heavy atom. The van der Waals surface area contributed by atoms with Crippen molar-refractivity contribution in [2.45, 2.75) is 51.4 Å². The molecular weight excluding hydrogens is 384 g/mol. The first-order valence-corrected chi connectivity index (χ1v) is 9.41. The molecule has 1 unspecified atom stereocenters. The number of carbonyl (C=O) groups is 4. The third-order valence-corrected chi connectivity index (χ3v) is 4.89. The first kappa shape index (κ1) is 22.7. The summed E-state index contributed by atoms with van der Waals surface area (Å²) in [6, 6.07) is 0. The van der Waals surface area contributed by atoms with Crippen molar-refractivity contribution in [3.05, 3.63) is 12.8 Å². The van der Waals surface area contributed by atoms with Gasteiger partial charge >= 0.3 is 18.0 Å². The summed E-state index contributed by atoms with van der Waals surface area (Å²) in [5.74, 6) is -4.03. The van der Waals surface area contributed by atoms with E-state index in [1.807, 2.05) is 0 Å². The average molecular weight is 412 g/mol. The van der Waals surface area contributed by atoms with Gasteiger partial charge in [0.15, 0.2) is 0 Å². The summed E-state index contributed by atoms with van der Waals surface area (Å²) < 4.78 is 15.0. The van der Waals surface area contributed by atoms with E-state index >= 15 is 0 Å². The van der Waals surface area contributed by atoms with Crippen LogP contribution in [0.1, 0.15) is 34.1 Å². The van der Waals surface area contributed by atoms with Crippen molar-refractivity contribution in [3.8, 4) is 0 Å². The van der Waals surface area contributed by atoms with Crippen LogP contribution in [-0.2, 0) is 28.6 Å². The van der Waals surface area contributed by atoms with Gasteiger partial charge in [-0.25, -0.2) is 9.59 Å². The lowest BCUT2D eigenvalue weighted by Crippen LogP contribution is -2.59. The fourth-order valence-electron chi connectivity index (χ4n) is 3.94. The normalized spacial score (nSPS) is 29.8. The summed E-state index contributed by atoms with van der Waals surface area (Å²) in [5.41, 5.74) is -2.32. The van der Waals surface area contributed by atoms with Gasteiger partial charge in [-0.15, -0.1) is 0 Å². The molecule has 3 N–H and O–H groups in total. The SMILES string of the molecule is C=COC(=O)[C@H]1[C@H]2[C@@H]1C(NC(=O)CNC(=O)OC(C)(C)C)(C(=O)OCC)C[C@@H]2O. The van der Waals surface area contributed by atoms with Crippen LogP contribution in [0.4, 0.5) is 4.79 Å². The number of rotatable bonds is 7. The van der Waals surface area contributed by atoms with Gasteiger partial charge in [0.25, 0.3) is 0 Å². The number of hydrogen-bond donors (Lipinski definition) is 3. The Hall–Kier alpha value is -2.62. The molecule has 2 amide bonds. The number of amides is 2. The van der Waals surface area contributed by atoms with Gasteiger partial charge in [0.1, 0.15) is 17.7 Å². The Balaban J connectivity index is 2.12. The predicted molar refractivity (Wildman–Crippen MR) is 99.1 cm³/mol. The molecule has 0 spiro atoms. The van der Waals surface area contributed by atoms with Crippen molar-refractivity contribution >= 4 is 23.9 Å². The minimum Gasteiger partial charge on any atom is -0.464 e. The van der Waals surface area contributed by atoms with E-state index in [-0.39, 0.29) is 13.0 Å². The Morgan fingerprint density at radius 3 is 2.48 bits per heavy atom. The van der Waals surface area contributed by atoms with Crippen LogP contribution in [0.3, 0.4) is 0 Å². The molecule has 10 nitrogen and oxygen atoms in total. The zero-order valence-corrected chi connectivity index (χ0v) is 17.0. The average Bonchev–Trinajstić information content (AvgIpc) is 3.28. The largest absolute Gasteiger partial charge is 0.464 e. The van der Waals surface area contributed by atoms with Gasteiger partial charge in [-0.1, -0.05) is 6.58 Å². The van der Waals surface area contributed by atoms with E-state index in [1.165, 1.54) is 0 Å². The smallest absolute Gasteiger partial charge is 0.408 e. The molecule has 0 heterocycles. The van der Waals surface area contributed by atoms with Crippen LogP contribution < -0.4 is 10.6 Å². The van der Waals surface area contributed by atoms with Crippen molar-refractivity contribution < 1.29 is 38.5 Å². The van der Waals surface area contributed by atoms with E-state index in [4.69, 9.17) is 14.2 Å². The summed E-state index contributed by atoms with van der Waals surface area (Å²) >= 11 is 0. The van der Waals surface area contributed by atoms with Gasteiger partial charge in [-0.3, -0.25) is 9.59 Å². The minimum absolute atomic E-state index is 0.0574. The third kappa shape index (κ3) is 4.87. The second kappa shape index (κ2) is 8.40. The second-order valence-corrected chi connectivity index (χ2v) is 8.10. The highest BCUT2D eigenvalue weighted by molar-refractivity contribution is 5.93. The number of aliphatic hydroxyl groups is 1. The highest BCUT2D eigenvalue weighted by Crippen LogP contribution is 2.63. The molecule has 2 rings (SSSR count). The summed E-state index contributed by atoms with van der Waals surface area (Å²) in [4.78, 5) is 49.0. The molecule has 0 aromatic rings. The van der Waals surface area contributed by atoms with Gasteiger partial charge in [-0.05, 0) is 27.7 Å². The molecule has 2 aliphatic rings. The third-order valence-electron chi connectivity index (χ3n) is 4.89. The minimum atomic E-state index is -1.59. The highest BCUT2D eigenvalue weighted by Gasteiger charge is 2.76. The molecule has 162 valence electrons. The highest BCUT2D eigenvalue weighted by atomic mass is 16.6. The molecule has 5 atom stereocenters. The number of fused-ring (bicyclic) bond motifs is 1. The molecular formula is C19H28N2O8. The first-order chi connectivity index (χ1) is 13.5. The van der Waals surface area contributed by atoms with Gasteiger partial charge < -0.3 is 30.0 Å². The van der Waals surface area contributed by atoms with Gasteiger partial charge in [0, 0.05) is 18.3 Å². The fraction of sp³-hybridized carbons (Fsp3) is 0.684. The van der Waals surface area contributed by atoms with E-state index in [0.29, 0.717) is 0 Å². The van der Waals surface area contributed by atoms with Crippen LogP contribution in [0, 0.1) is 17.8 Å². The number of hydrogen-bond acceptors (Lipinski definition) is 8. The lowest BCUT2D eigenvalue weighted by atomic mass is 9.89. The molecule has 2 fully saturated rings. The van der Waals surface area contributed by atoms with Crippen LogP contribution in [0.25, 0.3) is 0 Å². The number of esters is 2. The van der Waals surface area contributed by atoms with Gasteiger partial charge in [0.2, 0.25) is 5.91 Å². The van der Waals surface area contributed by atoms with Crippen LogP contribution in [0.15, 0.2) is 12.8 Å². The standard InChI is InChI=1S/C19H28N2O8/c1-6-27-15(24)13-12-10(22)8-19(14(12)13,16(25)28-7-2)21-11(23)9-20-17(26)29-18(3,4)5/h6,10,12-14,22H,1,7-9H2,2-5H3,(H,20,26)(H,21,23)/t10-,12-,13-,14-,19?/m0/s1. The monoisotopic (exact) mass is 412 g/mol. The lowest BCUT2D eigenvalue weighted by Gasteiger charge is -2.31. The fourth-order valence-corrected chi connectivity index (χ4v) is 3.94. The van der Waals surface area contributed by atoms with Crippen LogP contribution in [0.5, 0.6) is 0 Å². The van der Waals surface area contributed by atoms with Crippen molar-refractivity contribution in [1.29, 1.82) is 0 Å². The van der Waals surface area contributed by atoms with Gasteiger partial charge in [-0.2, -0.15) is 0 Å². The Kier molecular flexibility index (Phi) is 6.56. The zero-order valence-electron chi connectivity index (χ0n) is 17.0. The van der Waals surface area contributed by atoms with E-state index in [2.05, 4.69) is 17.2 Å². The molecule has 0 aliphatic heterocycles. The number of aliphatic hydroxyl groups excluding tert-OH is 1. The number of ether oxygens (including phenoxy) is 3. The molecule has 0 bridgehead atoms. The van der Waals surface area contributed by atoms with Crippen LogP contribution in [0.2, 0.25) is 0 Å². The predicted octanol–water partition coefficient (Wildman–Crippen LogP) is 0.243. The van der Waals surface area contributed by atoms with Crippen molar-refractivity contribution in [1.82, 2.24) is 10.6 Å². The van der Waals surface area contributed by atoms with Crippen LogP contribution in [-0.4, -0.2) is 59.4 Å². The molecule has 29 heavy (non-hydrogen) atoms. The van der Waals surface area contributed by atoms with Crippen molar-refractivity contribution in [2.75, 3.05) is 13.2 Å². The Morgan fingerprint density at radius 2 is 1.93 bits per heavy atom. The van der Waals surface area contributed by atoms with E-state index in [1.54, 1.807) is 27.7 Å². The molecule has 0 radical (unpaired) electrons. The topological polar surface area (TPSA) is 140 Å². The molecule has 2 saturated carbocycles. The molecule has 0 aromatic heterocycles. The van der Waals surface area contributed by atoms with Crippen molar-refractivity contribution in [3.63, 3.8) is 0 Å². The van der Waals surface area contributed by atoms with Crippen LogP contribution >= 0.6 is 0 Å². The van der Waals surface area contributed by atoms with E-state index < -0.39 is 65.5 Å². The van der Waals surface area contributed by atoms with E-state index in [9.17, 15) is 24.3 Å². The quantitative estimate of drug-likeness (QED) is 0.307. The lowest BCUT2D eigenvalue weighted by molar-refractivity contribution is -0.156. The molecule has 2 aliphatic carbocycles. The maximum absolute atomic E-state index is 12.7. The molecule has 0 aromatic carbocycles. The maximum Gasteiger partial charge on any atom is 0.408 e. The zero-order chi connectivity index (χ0) is 22.0. The summed E-state index contributed by atoms with van der Waals surface area (Å²) in [7, 11) is 0. The Bertz CT molecular complexity index is 701. The van der Waals surface area contributed by atoms with Gasteiger partial charge in [0.05, 0.1) is 24.9 Å². The first-order valence-electron chi connectivity index (χ1n) is 9.41. The summed E-state index contributed by atoms with van der Waals surface area (Å²) in [5, 5.41) is 15.2. The maximum atomic E-state index is 12.7. The summed E-state index contributed by atoms with van der Waals surface area (Å²) in [6.45, 7) is 9.57. The summed E-state index contributed by atoms with van der Waals surface area (Å²) in [6.07, 6.45) is -0.915. The van der Waals surface area contributed by atoms with Crippen molar-refractivity contribution in [2.24, 2.45) is 17.8 Å². The number of alkyl carbamates (subject to hydrolysis) is 1. The second-order valence-electron chi connectivity index (χ2n) is 8.10. The van der Waals surface area contributed by atoms with E-state index in [0.717, 1.165) is 6.26 Å². The molecule has 10 heteroatoms.